The van der Waals surface area contributed by atoms with Crippen molar-refractivity contribution in [3.05, 3.63) is 11.6 Å². The molecule has 3 aliphatic heterocycles. The first-order valence-electron chi connectivity index (χ1n) is 12.5. The molecule has 0 unspecified atom stereocenters. The zero-order valence-electron chi connectivity index (χ0n) is 21.7. The predicted molar refractivity (Wildman–Crippen MR) is 121 cm³/mol. The van der Waals surface area contributed by atoms with E-state index < -0.39 is 76.4 Å². The lowest BCUT2D eigenvalue weighted by atomic mass is 9.53. The van der Waals surface area contributed by atoms with Gasteiger partial charge < -0.3 is 28.4 Å². The summed E-state index contributed by atoms with van der Waals surface area (Å²) in [6.07, 6.45) is -0.313. The second-order valence-corrected chi connectivity index (χ2v) is 11.4. The van der Waals surface area contributed by atoms with Crippen LogP contribution in [-0.4, -0.2) is 71.2 Å². The molecule has 36 heavy (non-hydrogen) atoms. The normalized spacial score (nSPS) is 50.0. The van der Waals surface area contributed by atoms with Crippen molar-refractivity contribution in [2.24, 2.45) is 11.3 Å². The molecule has 10 heteroatoms. The smallest absolute Gasteiger partial charge is 0.342 e. The van der Waals surface area contributed by atoms with Gasteiger partial charge in [0.15, 0.2) is 17.3 Å². The van der Waals surface area contributed by atoms with Crippen LogP contribution in [-0.2, 0) is 47.6 Å². The predicted octanol–water partition coefficient (Wildman–Crippen LogP) is 2.16. The summed E-state index contributed by atoms with van der Waals surface area (Å²) < 4.78 is 36.0. The fourth-order valence-corrected chi connectivity index (χ4v) is 7.29. The van der Waals surface area contributed by atoms with Crippen molar-refractivity contribution in [3.63, 3.8) is 0 Å². The molecule has 1 spiro atoms. The summed E-state index contributed by atoms with van der Waals surface area (Å²) in [6, 6.07) is 0. The summed E-state index contributed by atoms with van der Waals surface area (Å²) in [5.41, 5.74) is -3.59. The van der Waals surface area contributed by atoms with Crippen LogP contribution in [0.2, 0.25) is 0 Å². The van der Waals surface area contributed by atoms with Crippen LogP contribution >= 0.6 is 0 Å². The Balaban J connectivity index is 1.75. The molecule has 10 atom stereocenters. The Bertz CT molecular complexity index is 1070. The second kappa shape index (κ2) is 7.77. The number of fused-ring (bicyclic) bond motifs is 3. The van der Waals surface area contributed by atoms with E-state index in [9.17, 15) is 19.2 Å². The molecule has 3 heterocycles. The van der Waals surface area contributed by atoms with Crippen LogP contribution in [0.3, 0.4) is 0 Å². The summed E-state index contributed by atoms with van der Waals surface area (Å²) in [5, 5.41) is 0. The van der Waals surface area contributed by atoms with E-state index in [2.05, 4.69) is 0 Å². The van der Waals surface area contributed by atoms with Crippen LogP contribution in [0, 0.1) is 11.3 Å². The van der Waals surface area contributed by atoms with Gasteiger partial charge in [-0.05, 0) is 39.7 Å². The number of carbonyl (C=O) groups excluding carboxylic acids is 4. The maximum Gasteiger partial charge on any atom is 0.342 e. The van der Waals surface area contributed by atoms with Crippen LogP contribution in [0.25, 0.3) is 0 Å². The van der Waals surface area contributed by atoms with Crippen LogP contribution in [0.1, 0.15) is 67.7 Å². The Kier molecular flexibility index (Phi) is 5.44. The molecule has 0 aromatic carbocycles. The van der Waals surface area contributed by atoms with Gasteiger partial charge in [0.2, 0.25) is 0 Å². The number of rotatable bonds is 3. The fourth-order valence-electron chi connectivity index (χ4n) is 7.29. The summed E-state index contributed by atoms with van der Waals surface area (Å²) in [6.45, 7) is 11.3. The largest absolute Gasteiger partial charge is 0.462 e. The van der Waals surface area contributed by atoms with Gasteiger partial charge in [0.1, 0.15) is 18.3 Å². The quantitative estimate of drug-likeness (QED) is 0.243. The summed E-state index contributed by atoms with van der Waals surface area (Å²) >= 11 is 0. The first-order chi connectivity index (χ1) is 16.7. The summed E-state index contributed by atoms with van der Waals surface area (Å²) in [4.78, 5) is 50.1. The van der Waals surface area contributed by atoms with Crippen molar-refractivity contribution in [2.75, 3.05) is 0 Å². The van der Waals surface area contributed by atoms with Crippen molar-refractivity contribution in [1.29, 1.82) is 0 Å². The lowest BCUT2D eigenvalue weighted by Crippen LogP contribution is -2.66. The van der Waals surface area contributed by atoms with E-state index in [4.69, 9.17) is 28.4 Å². The number of epoxide rings is 2. The van der Waals surface area contributed by atoms with Crippen molar-refractivity contribution in [3.8, 4) is 0 Å². The summed E-state index contributed by atoms with van der Waals surface area (Å²) in [7, 11) is 0. The molecule has 0 aromatic rings. The molecule has 0 aromatic heterocycles. The zero-order chi connectivity index (χ0) is 26.4. The maximum atomic E-state index is 13.0. The van der Waals surface area contributed by atoms with Gasteiger partial charge in [-0.25, -0.2) is 4.79 Å². The Morgan fingerprint density at radius 2 is 1.58 bits per heavy atom. The topological polar surface area (TPSA) is 130 Å². The molecule has 5 aliphatic rings. The Morgan fingerprint density at radius 1 is 0.972 bits per heavy atom. The monoisotopic (exact) mass is 506 g/mol. The van der Waals surface area contributed by atoms with Gasteiger partial charge in [-0.15, -0.1) is 0 Å². The first kappa shape index (κ1) is 25.2. The Hall–Kier alpha value is -2.46. The number of ether oxygens (including phenoxy) is 6. The van der Waals surface area contributed by atoms with E-state index in [1.165, 1.54) is 20.8 Å². The van der Waals surface area contributed by atoms with E-state index in [-0.39, 0.29) is 6.10 Å². The molecule has 0 N–H and O–H groups in total. The number of hydrogen-bond acceptors (Lipinski definition) is 10. The van der Waals surface area contributed by atoms with Crippen LogP contribution < -0.4 is 0 Å². The summed E-state index contributed by atoms with van der Waals surface area (Å²) in [5.74, 6) is -2.71. The minimum atomic E-state index is -1.33. The van der Waals surface area contributed by atoms with Gasteiger partial charge in [0, 0.05) is 33.1 Å². The van der Waals surface area contributed by atoms with Crippen molar-refractivity contribution in [2.45, 2.75) is 115 Å². The van der Waals surface area contributed by atoms with Crippen molar-refractivity contribution >= 4 is 23.9 Å². The Morgan fingerprint density at radius 3 is 2.17 bits per heavy atom. The third kappa shape index (κ3) is 3.29. The Labute approximate surface area is 209 Å². The lowest BCUT2D eigenvalue weighted by molar-refractivity contribution is -0.212. The molecule has 0 amide bonds. The molecule has 3 saturated heterocycles. The highest BCUT2D eigenvalue weighted by atomic mass is 16.7. The molecule has 0 radical (unpaired) electrons. The molecule has 0 bridgehead atoms. The molecule has 198 valence electrons. The van der Waals surface area contributed by atoms with E-state index in [1.54, 1.807) is 6.92 Å². The van der Waals surface area contributed by atoms with Crippen LogP contribution in [0.15, 0.2) is 11.6 Å². The van der Waals surface area contributed by atoms with E-state index in [1.807, 2.05) is 26.8 Å². The van der Waals surface area contributed by atoms with Crippen LogP contribution in [0.4, 0.5) is 0 Å². The van der Waals surface area contributed by atoms with E-state index >= 15 is 0 Å². The molecule has 4 fully saturated rings. The van der Waals surface area contributed by atoms with Gasteiger partial charge in [0.25, 0.3) is 0 Å². The number of hydrogen-bond donors (Lipinski definition) is 0. The highest BCUT2D eigenvalue weighted by molar-refractivity contribution is 5.89. The fraction of sp³-hybridized carbons (Fsp3) is 0.769. The highest BCUT2D eigenvalue weighted by Crippen LogP contribution is 2.69. The molecule has 5 rings (SSSR count). The maximum absolute atomic E-state index is 13.0. The van der Waals surface area contributed by atoms with Gasteiger partial charge in [-0.3, -0.25) is 14.4 Å². The molecular formula is C26H34O10. The van der Waals surface area contributed by atoms with Gasteiger partial charge >= 0.3 is 23.9 Å². The minimum absolute atomic E-state index is 0.283. The average molecular weight is 507 g/mol. The standard InChI is InChI=1S/C26H34O10/c1-12-8-9-16(31-13(2)27)23(5)17(32-14(3)28)11-18-24(6,35-18)20(23)21(33-15(4)29)26-19(10-12)34-22(30)25(26,7)36-26/h10,16-21H,8-9,11H2,1-7H3/b12-10-/t16-,17+,18+,19+,20-,21-,23+,24+,25-,26+/m1/s1. The van der Waals surface area contributed by atoms with E-state index in [0.717, 1.165) is 5.57 Å². The molecular weight excluding hydrogens is 472 g/mol. The molecule has 1 saturated carbocycles. The minimum Gasteiger partial charge on any atom is -0.462 e. The SMILES string of the molecule is CC(=O)O[C@H]1C[C@@H]2O[C@]2(C)[C@@H]2[C@@H](OC(C)=O)[C@]34O[C@]3(C)C(=O)O[C@H]4/C=C(/C)CC[C@@H](OC(C)=O)[C@@]12C. The number of esters is 4. The third-order valence-electron chi connectivity index (χ3n) is 9.08. The second-order valence-electron chi connectivity index (χ2n) is 11.4. The average Bonchev–Trinajstić information content (AvgIpc) is 3.58. The zero-order valence-corrected chi connectivity index (χ0v) is 21.7. The molecule has 2 aliphatic carbocycles. The van der Waals surface area contributed by atoms with Gasteiger partial charge in [-0.1, -0.05) is 12.5 Å². The molecule has 10 nitrogen and oxygen atoms in total. The first-order valence-corrected chi connectivity index (χ1v) is 12.5. The van der Waals surface area contributed by atoms with Crippen LogP contribution in [0.5, 0.6) is 0 Å². The number of allylic oxidation sites excluding steroid dienone is 1. The lowest BCUT2D eigenvalue weighted by Gasteiger charge is -2.54. The number of carbonyl (C=O) groups is 4. The van der Waals surface area contributed by atoms with Crippen molar-refractivity contribution < 1.29 is 47.6 Å². The van der Waals surface area contributed by atoms with E-state index in [0.29, 0.717) is 19.3 Å². The van der Waals surface area contributed by atoms with Crippen molar-refractivity contribution in [1.82, 2.24) is 0 Å². The third-order valence-corrected chi connectivity index (χ3v) is 9.08. The van der Waals surface area contributed by atoms with Gasteiger partial charge in [-0.2, -0.15) is 0 Å². The highest BCUT2D eigenvalue weighted by Gasteiger charge is 2.89. The van der Waals surface area contributed by atoms with Gasteiger partial charge in [0.05, 0.1) is 17.1 Å².